The summed E-state index contributed by atoms with van der Waals surface area (Å²) in [6, 6.07) is 12.9. The van der Waals surface area contributed by atoms with Crippen molar-refractivity contribution >= 4 is 46.0 Å². The number of nitrogens with zero attached hydrogens (tertiary/aromatic N) is 6. The van der Waals surface area contributed by atoms with Crippen molar-refractivity contribution in [2.45, 2.75) is 110 Å². The summed E-state index contributed by atoms with van der Waals surface area (Å²) in [6.07, 6.45) is 17.0. The number of hydrogen-bond donors (Lipinski definition) is 2. The minimum absolute atomic E-state index is 0.0449. The van der Waals surface area contributed by atoms with Gasteiger partial charge in [0.15, 0.2) is 11.3 Å². The number of pyridine rings is 2. The van der Waals surface area contributed by atoms with Gasteiger partial charge in [0, 0.05) is 30.9 Å². The maximum atomic E-state index is 12.7. The summed E-state index contributed by atoms with van der Waals surface area (Å²) >= 11 is 0. The molecule has 4 heterocycles. The van der Waals surface area contributed by atoms with Gasteiger partial charge in [0.1, 0.15) is 11.0 Å². The number of nitrogens with one attached hydrogen (secondary N) is 2. The Kier molecular flexibility index (Phi) is 8.87. The van der Waals surface area contributed by atoms with Crippen molar-refractivity contribution in [1.82, 2.24) is 29.1 Å². The number of aromatic nitrogens is 6. The third kappa shape index (κ3) is 6.64. The predicted molar refractivity (Wildman–Crippen MR) is 196 cm³/mol. The number of rotatable bonds is 8. The van der Waals surface area contributed by atoms with Gasteiger partial charge in [-0.2, -0.15) is 0 Å². The molecule has 9 rings (SSSR count). The molecule has 2 bridgehead atoms. The van der Waals surface area contributed by atoms with Crippen LogP contribution in [0.15, 0.2) is 48.8 Å². The van der Waals surface area contributed by atoms with Crippen molar-refractivity contribution in [3.05, 3.63) is 71.0 Å². The third-order valence-electron chi connectivity index (χ3n) is 11.5. The Bertz CT molecular complexity index is 2040. The summed E-state index contributed by atoms with van der Waals surface area (Å²) in [7, 11) is 0. The van der Waals surface area contributed by atoms with Crippen molar-refractivity contribution in [3.8, 4) is 0 Å². The highest BCUT2D eigenvalue weighted by atomic mass is 16.2. The Morgan fingerprint density at radius 3 is 1.74 bits per heavy atom. The third-order valence-corrected chi connectivity index (χ3v) is 11.5. The zero-order valence-electron chi connectivity index (χ0n) is 29.5. The standard InChI is InChI=1S/C20H26N4O.C20H22N4O/c1-12-7-17-19(21-11-12)24(16-3-2-4-16)20(22-17)23-18(25)10-15-9-13-5-6-14(15)8-13;1-13-6-8-15(9-7-13)11-18(25)23-20-22-17-10-14(2)12-21-19(17)24(20)16-4-3-5-16/h7,11,13-16H,2-6,8-10H2,1H3,(H,22,23,25);6-10,12,16H,3-5,11H2,1-2H3,(H,22,23,25). The average molecular weight is 673 g/mol. The van der Waals surface area contributed by atoms with E-state index in [1.165, 1.54) is 44.1 Å². The average Bonchev–Trinajstić information content (AvgIpc) is 3.81. The van der Waals surface area contributed by atoms with Crippen LogP contribution in [0.3, 0.4) is 0 Å². The molecule has 0 aliphatic heterocycles. The van der Waals surface area contributed by atoms with Gasteiger partial charge in [-0.3, -0.25) is 29.4 Å². The van der Waals surface area contributed by atoms with Crippen molar-refractivity contribution in [3.63, 3.8) is 0 Å². The highest BCUT2D eigenvalue weighted by Gasteiger charge is 2.40. The van der Waals surface area contributed by atoms with Crippen LogP contribution in [0.1, 0.15) is 105 Å². The zero-order chi connectivity index (χ0) is 34.4. The minimum atomic E-state index is -0.0449. The van der Waals surface area contributed by atoms with E-state index < -0.39 is 0 Å². The van der Waals surface area contributed by atoms with Crippen LogP contribution in [-0.2, 0) is 16.0 Å². The molecule has 4 aliphatic carbocycles. The lowest BCUT2D eigenvalue weighted by Gasteiger charge is -2.28. The predicted octanol–water partition coefficient (Wildman–Crippen LogP) is 8.18. The number of carbonyl (C=O) groups is 2. The Morgan fingerprint density at radius 2 is 1.26 bits per heavy atom. The lowest BCUT2D eigenvalue weighted by atomic mass is 9.86. The molecule has 10 heteroatoms. The molecule has 5 aromatic rings. The Labute approximate surface area is 293 Å². The van der Waals surface area contributed by atoms with Crippen LogP contribution in [0.5, 0.6) is 0 Å². The summed E-state index contributed by atoms with van der Waals surface area (Å²) in [5.74, 6) is 3.66. The lowest BCUT2D eigenvalue weighted by molar-refractivity contribution is -0.117. The van der Waals surface area contributed by atoms with E-state index in [4.69, 9.17) is 4.98 Å². The first-order valence-corrected chi connectivity index (χ1v) is 18.6. The van der Waals surface area contributed by atoms with Gasteiger partial charge in [-0.25, -0.2) is 19.9 Å². The number of aryl methyl sites for hydroxylation is 3. The fourth-order valence-electron chi connectivity index (χ4n) is 8.42. The van der Waals surface area contributed by atoms with Gasteiger partial charge in [0.25, 0.3) is 0 Å². The fraction of sp³-hybridized carbons (Fsp3) is 0.500. The molecule has 2 amide bonds. The zero-order valence-corrected chi connectivity index (χ0v) is 29.5. The molecule has 50 heavy (non-hydrogen) atoms. The number of hydrogen-bond acceptors (Lipinski definition) is 6. The van der Waals surface area contributed by atoms with E-state index in [-0.39, 0.29) is 11.8 Å². The molecule has 4 fully saturated rings. The van der Waals surface area contributed by atoms with E-state index in [0.29, 0.717) is 42.7 Å². The van der Waals surface area contributed by atoms with Gasteiger partial charge in [0.2, 0.25) is 23.7 Å². The van der Waals surface area contributed by atoms with Gasteiger partial charge in [-0.15, -0.1) is 0 Å². The number of carbonyl (C=O) groups excluding carboxylic acids is 2. The normalized spacial score (nSPS) is 21.5. The Morgan fingerprint density at radius 1 is 0.700 bits per heavy atom. The van der Waals surface area contributed by atoms with Crippen molar-refractivity contribution in [2.75, 3.05) is 10.6 Å². The molecule has 4 aliphatic rings. The summed E-state index contributed by atoms with van der Waals surface area (Å²) < 4.78 is 4.27. The highest BCUT2D eigenvalue weighted by molar-refractivity contribution is 5.93. The molecule has 4 aromatic heterocycles. The van der Waals surface area contributed by atoms with Crippen LogP contribution >= 0.6 is 0 Å². The van der Waals surface area contributed by atoms with E-state index >= 15 is 0 Å². The molecule has 0 saturated heterocycles. The van der Waals surface area contributed by atoms with Crippen LogP contribution in [0.4, 0.5) is 11.9 Å². The minimum Gasteiger partial charge on any atom is -0.296 e. The van der Waals surface area contributed by atoms with Gasteiger partial charge in [0.05, 0.1) is 6.42 Å². The van der Waals surface area contributed by atoms with Crippen molar-refractivity contribution in [2.24, 2.45) is 17.8 Å². The van der Waals surface area contributed by atoms with E-state index in [2.05, 4.69) is 40.8 Å². The monoisotopic (exact) mass is 672 g/mol. The van der Waals surface area contributed by atoms with E-state index in [1.807, 2.05) is 63.5 Å². The lowest BCUT2D eigenvalue weighted by Crippen LogP contribution is -2.24. The maximum absolute atomic E-state index is 12.7. The smallest absolute Gasteiger partial charge is 0.231 e. The van der Waals surface area contributed by atoms with E-state index in [0.717, 1.165) is 76.5 Å². The molecule has 1 aromatic carbocycles. The number of benzene rings is 1. The second-order valence-corrected chi connectivity index (χ2v) is 15.4. The second kappa shape index (κ2) is 13.6. The van der Waals surface area contributed by atoms with Crippen LogP contribution in [-0.4, -0.2) is 40.9 Å². The first-order chi connectivity index (χ1) is 24.3. The molecule has 0 spiro atoms. The highest BCUT2D eigenvalue weighted by Crippen LogP contribution is 2.49. The number of anilines is 2. The molecule has 2 N–H and O–H groups in total. The summed E-state index contributed by atoms with van der Waals surface area (Å²) in [5.41, 5.74) is 7.88. The first-order valence-electron chi connectivity index (χ1n) is 18.6. The van der Waals surface area contributed by atoms with Crippen LogP contribution in [0.2, 0.25) is 0 Å². The summed E-state index contributed by atoms with van der Waals surface area (Å²) in [4.78, 5) is 43.7. The maximum Gasteiger partial charge on any atom is 0.231 e. The molecule has 10 nitrogen and oxygen atoms in total. The van der Waals surface area contributed by atoms with E-state index in [9.17, 15) is 9.59 Å². The molecule has 260 valence electrons. The van der Waals surface area contributed by atoms with Gasteiger partial charge < -0.3 is 0 Å². The van der Waals surface area contributed by atoms with Crippen molar-refractivity contribution < 1.29 is 9.59 Å². The number of imidazole rings is 2. The number of fused-ring (bicyclic) bond motifs is 4. The van der Waals surface area contributed by atoms with Crippen LogP contribution in [0.25, 0.3) is 22.3 Å². The molecule has 0 radical (unpaired) electrons. The second-order valence-electron chi connectivity index (χ2n) is 15.4. The van der Waals surface area contributed by atoms with Gasteiger partial charge in [-0.05, 0) is 125 Å². The molecular weight excluding hydrogens is 624 g/mol. The van der Waals surface area contributed by atoms with Crippen LogP contribution in [0, 0.1) is 38.5 Å². The van der Waals surface area contributed by atoms with Gasteiger partial charge in [-0.1, -0.05) is 36.2 Å². The summed E-state index contributed by atoms with van der Waals surface area (Å²) in [5, 5.41) is 6.13. The molecule has 3 atom stereocenters. The molecule has 4 saturated carbocycles. The first kappa shape index (κ1) is 32.6. The quantitative estimate of drug-likeness (QED) is 0.172. The van der Waals surface area contributed by atoms with Crippen molar-refractivity contribution in [1.29, 1.82) is 0 Å². The number of amides is 2. The SMILES string of the molecule is Cc1ccc(CC(=O)Nc2nc3cc(C)cnc3n2C2CCC2)cc1.Cc1cnc2c(c1)nc(NC(=O)CC1CC3CCC1C3)n2C1CCC1. The summed E-state index contributed by atoms with van der Waals surface area (Å²) in [6.45, 7) is 6.08. The molecule has 3 unspecified atom stereocenters. The topological polar surface area (TPSA) is 120 Å². The molecular formula is C40H48N8O2. The van der Waals surface area contributed by atoms with E-state index in [1.54, 1.807) is 0 Å². The fourth-order valence-corrected chi connectivity index (χ4v) is 8.42. The van der Waals surface area contributed by atoms with Gasteiger partial charge >= 0.3 is 0 Å². The van der Waals surface area contributed by atoms with Crippen LogP contribution < -0.4 is 10.6 Å². The Hall–Kier alpha value is -4.60. The largest absolute Gasteiger partial charge is 0.296 e. The Balaban J connectivity index is 0.000000144.